The average Bonchev–Trinajstić information content (AvgIpc) is 3.70. The van der Waals surface area contributed by atoms with Crippen LogP contribution in [0.4, 0.5) is 0 Å². The Morgan fingerprint density at radius 2 is 1.44 bits per heavy atom. The van der Waals surface area contributed by atoms with Crippen molar-refractivity contribution >= 4 is 29.1 Å². The van der Waals surface area contributed by atoms with E-state index < -0.39 is 23.6 Å². The minimum Gasteiger partial charge on any atom is -0.391 e. The molecule has 0 radical (unpaired) electrons. The van der Waals surface area contributed by atoms with Crippen molar-refractivity contribution in [2.75, 3.05) is 13.1 Å². The lowest BCUT2D eigenvalue weighted by molar-refractivity contribution is -0.144. The number of nitrogens with zero attached hydrogens (tertiary/aromatic N) is 2. The Labute approximate surface area is 305 Å². The highest BCUT2D eigenvalue weighted by Crippen LogP contribution is 2.28. The lowest BCUT2D eigenvalue weighted by Gasteiger charge is -2.35. The molecule has 5 N–H and O–H groups in total. The Morgan fingerprint density at radius 3 is 1.94 bits per heavy atom. The Morgan fingerprint density at radius 1 is 0.900 bits per heavy atom. The number of benzene rings is 1. The number of aliphatic hydroxyl groups excluding tert-OH is 1. The lowest BCUT2D eigenvalue weighted by atomic mass is 9.85. The molecule has 1 saturated heterocycles. The number of nitrogens with one attached hydrogen (secondary N) is 2. The SMILES string of the molecule is Cc1ncsc1-c1ccc(CNC(=O)C2CC(O)CN2C(=O)C(NC(=O)CCCCCCCCCCCCCCCCCN)C(C)(C)C)cc1. The van der Waals surface area contributed by atoms with Gasteiger partial charge in [0.15, 0.2) is 0 Å². The van der Waals surface area contributed by atoms with Gasteiger partial charge in [-0.25, -0.2) is 4.98 Å². The molecular formula is C40H65N5O4S. The second-order valence-corrected chi connectivity index (χ2v) is 16.1. The molecule has 0 aliphatic carbocycles. The van der Waals surface area contributed by atoms with Crippen LogP contribution in [0.25, 0.3) is 10.4 Å². The van der Waals surface area contributed by atoms with Crippen molar-refractivity contribution in [1.29, 1.82) is 0 Å². The summed E-state index contributed by atoms with van der Waals surface area (Å²) in [6.45, 7) is 8.93. The third-order valence-corrected chi connectivity index (χ3v) is 10.8. The number of thiazole rings is 1. The number of aliphatic hydroxyl groups is 1. The van der Waals surface area contributed by atoms with Crippen LogP contribution in [-0.4, -0.2) is 64.0 Å². The van der Waals surface area contributed by atoms with E-state index in [4.69, 9.17) is 5.73 Å². The molecular weight excluding hydrogens is 647 g/mol. The summed E-state index contributed by atoms with van der Waals surface area (Å²) in [7, 11) is 0. The molecule has 280 valence electrons. The van der Waals surface area contributed by atoms with Crippen molar-refractivity contribution in [2.45, 2.75) is 162 Å². The largest absolute Gasteiger partial charge is 0.391 e. The monoisotopic (exact) mass is 711 g/mol. The third-order valence-electron chi connectivity index (χ3n) is 9.82. The van der Waals surface area contributed by atoms with Gasteiger partial charge in [-0.15, -0.1) is 11.3 Å². The Balaban J connectivity index is 1.36. The van der Waals surface area contributed by atoms with Gasteiger partial charge in [0.1, 0.15) is 12.1 Å². The summed E-state index contributed by atoms with van der Waals surface area (Å²) < 4.78 is 0. The second kappa shape index (κ2) is 22.2. The molecule has 1 fully saturated rings. The molecule has 0 spiro atoms. The molecule has 3 atom stereocenters. The number of β-amino-alcohol motifs (C(OH)–C–C–N with tert-alkyl or cyclic N) is 1. The molecule has 9 nitrogen and oxygen atoms in total. The van der Waals surface area contributed by atoms with E-state index in [-0.39, 0.29) is 30.7 Å². The highest BCUT2D eigenvalue weighted by molar-refractivity contribution is 7.13. The molecule has 2 heterocycles. The first kappa shape index (κ1) is 41.6. The van der Waals surface area contributed by atoms with Gasteiger partial charge in [-0.3, -0.25) is 14.4 Å². The standard InChI is InChI=1S/C40H65N5O4S/c1-30-36(50-29-43-30)32-23-21-31(22-24-32)27-42-38(48)34-26-33(46)28-45(34)39(49)37(40(2,3)4)44-35(47)20-18-16-14-12-10-8-6-5-7-9-11-13-15-17-19-25-41/h21-24,29,33-34,37,46H,5-20,25-28,41H2,1-4H3,(H,42,48)(H,44,47). The van der Waals surface area contributed by atoms with Gasteiger partial charge in [-0.05, 0) is 42.9 Å². The summed E-state index contributed by atoms with van der Waals surface area (Å²) >= 11 is 1.60. The molecule has 3 unspecified atom stereocenters. The summed E-state index contributed by atoms with van der Waals surface area (Å²) in [6, 6.07) is 6.40. The highest BCUT2D eigenvalue weighted by atomic mass is 32.1. The van der Waals surface area contributed by atoms with E-state index in [1.165, 1.54) is 75.5 Å². The van der Waals surface area contributed by atoms with Crippen molar-refractivity contribution < 1.29 is 19.5 Å². The molecule has 50 heavy (non-hydrogen) atoms. The number of aryl methyl sites for hydroxylation is 1. The Kier molecular flexibility index (Phi) is 18.5. The van der Waals surface area contributed by atoms with Crippen LogP contribution in [0, 0.1) is 12.3 Å². The molecule has 1 aliphatic heterocycles. The van der Waals surface area contributed by atoms with E-state index in [2.05, 4.69) is 15.6 Å². The first-order chi connectivity index (χ1) is 24.0. The maximum Gasteiger partial charge on any atom is 0.246 e. The Bertz CT molecular complexity index is 1290. The number of rotatable bonds is 23. The quantitative estimate of drug-likeness (QED) is 0.0886. The van der Waals surface area contributed by atoms with Crippen LogP contribution in [-0.2, 0) is 20.9 Å². The lowest BCUT2D eigenvalue weighted by Crippen LogP contribution is -2.57. The first-order valence-corrected chi connectivity index (χ1v) is 20.1. The molecule has 3 amide bonds. The topological polar surface area (TPSA) is 138 Å². The maximum atomic E-state index is 13.9. The minimum atomic E-state index is -0.797. The molecule has 0 bridgehead atoms. The summed E-state index contributed by atoms with van der Waals surface area (Å²) in [4.78, 5) is 47.1. The number of nitrogens with two attached hydrogens (primary N) is 1. The van der Waals surface area contributed by atoms with Crippen LogP contribution in [0.15, 0.2) is 29.8 Å². The average molecular weight is 712 g/mol. The van der Waals surface area contributed by atoms with Crippen molar-refractivity contribution in [3.8, 4) is 10.4 Å². The van der Waals surface area contributed by atoms with Gasteiger partial charge in [-0.1, -0.05) is 129 Å². The smallest absolute Gasteiger partial charge is 0.246 e. The molecule has 1 aliphatic rings. The third kappa shape index (κ3) is 14.4. The van der Waals surface area contributed by atoms with Crippen molar-refractivity contribution in [3.63, 3.8) is 0 Å². The van der Waals surface area contributed by atoms with Crippen LogP contribution < -0.4 is 16.4 Å². The van der Waals surface area contributed by atoms with E-state index in [0.717, 1.165) is 53.9 Å². The first-order valence-electron chi connectivity index (χ1n) is 19.3. The van der Waals surface area contributed by atoms with Crippen LogP contribution in [0.1, 0.15) is 141 Å². The molecule has 1 aromatic heterocycles. The molecule has 3 rings (SSSR count). The number of amides is 3. The fourth-order valence-electron chi connectivity index (χ4n) is 6.74. The Hall–Kier alpha value is -2.82. The number of carbonyl (C=O) groups is 3. The second-order valence-electron chi connectivity index (χ2n) is 15.3. The van der Waals surface area contributed by atoms with Gasteiger partial charge in [0.25, 0.3) is 0 Å². The van der Waals surface area contributed by atoms with E-state index in [1.54, 1.807) is 11.3 Å². The van der Waals surface area contributed by atoms with Gasteiger partial charge in [0.05, 0.1) is 22.2 Å². The minimum absolute atomic E-state index is 0.0674. The van der Waals surface area contributed by atoms with Gasteiger partial charge in [0.2, 0.25) is 17.7 Å². The number of likely N-dealkylation sites (tertiary alicyclic amines) is 1. The molecule has 1 aromatic carbocycles. The van der Waals surface area contributed by atoms with Gasteiger partial charge < -0.3 is 26.4 Å². The number of hydrogen-bond donors (Lipinski definition) is 4. The van der Waals surface area contributed by atoms with Crippen LogP contribution >= 0.6 is 11.3 Å². The molecule has 0 saturated carbocycles. The van der Waals surface area contributed by atoms with Gasteiger partial charge >= 0.3 is 0 Å². The summed E-state index contributed by atoms with van der Waals surface area (Å²) in [5.74, 6) is -0.773. The molecule has 2 aromatic rings. The number of carbonyl (C=O) groups excluding carboxylic acids is 3. The van der Waals surface area contributed by atoms with Crippen molar-refractivity contribution in [2.24, 2.45) is 11.1 Å². The molecule has 10 heteroatoms. The zero-order chi connectivity index (χ0) is 36.4. The van der Waals surface area contributed by atoms with Gasteiger partial charge in [-0.2, -0.15) is 0 Å². The predicted octanol–water partition coefficient (Wildman–Crippen LogP) is 7.43. The number of unbranched alkanes of at least 4 members (excludes halogenated alkanes) is 14. The van der Waals surface area contributed by atoms with E-state index >= 15 is 0 Å². The zero-order valence-electron chi connectivity index (χ0n) is 31.3. The summed E-state index contributed by atoms with van der Waals surface area (Å²) in [5, 5.41) is 16.4. The van der Waals surface area contributed by atoms with Gasteiger partial charge in [0, 0.05) is 25.9 Å². The zero-order valence-corrected chi connectivity index (χ0v) is 32.1. The van der Waals surface area contributed by atoms with E-state index in [1.807, 2.05) is 57.5 Å². The number of hydrogen-bond acceptors (Lipinski definition) is 7. The highest BCUT2D eigenvalue weighted by Gasteiger charge is 2.44. The normalized spacial score (nSPS) is 16.8. The maximum absolute atomic E-state index is 13.9. The summed E-state index contributed by atoms with van der Waals surface area (Å²) in [6.07, 6.45) is 18.2. The van der Waals surface area contributed by atoms with Crippen LogP contribution in [0.2, 0.25) is 0 Å². The number of aromatic nitrogens is 1. The van der Waals surface area contributed by atoms with Crippen molar-refractivity contribution in [1.82, 2.24) is 20.5 Å². The van der Waals surface area contributed by atoms with Crippen molar-refractivity contribution in [3.05, 3.63) is 41.0 Å². The van der Waals surface area contributed by atoms with Crippen LogP contribution in [0.3, 0.4) is 0 Å². The van der Waals surface area contributed by atoms with E-state index in [0.29, 0.717) is 13.0 Å². The fraction of sp³-hybridized carbons (Fsp3) is 0.700. The fourth-order valence-corrected chi connectivity index (χ4v) is 7.55. The van der Waals surface area contributed by atoms with E-state index in [9.17, 15) is 19.5 Å². The van der Waals surface area contributed by atoms with Crippen LogP contribution in [0.5, 0.6) is 0 Å². The predicted molar refractivity (Wildman–Crippen MR) is 205 cm³/mol. The summed E-state index contributed by atoms with van der Waals surface area (Å²) in [5.41, 5.74) is 9.82.